The number of benzene rings is 3. The van der Waals surface area contributed by atoms with Crippen LogP contribution in [0.5, 0.6) is 5.75 Å². The van der Waals surface area contributed by atoms with Crippen LogP contribution < -0.4 is 15.4 Å². The maximum Gasteiger partial charge on any atom is 0.513 e. The van der Waals surface area contributed by atoms with Crippen molar-refractivity contribution in [1.82, 2.24) is 5.32 Å². The number of hydrogen-bond donors (Lipinski definition) is 2. The molecule has 0 aliphatic carbocycles. The van der Waals surface area contributed by atoms with Crippen LogP contribution in [-0.4, -0.2) is 24.6 Å². The van der Waals surface area contributed by atoms with E-state index in [9.17, 15) is 18.8 Å². The molecule has 0 fully saturated rings. The Kier molecular flexibility index (Phi) is 8.73. The minimum absolute atomic E-state index is 0.150. The van der Waals surface area contributed by atoms with Crippen LogP contribution in [0.25, 0.3) is 0 Å². The molecule has 0 atom stereocenters. The highest BCUT2D eigenvalue weighted by molar-refractivity contribution is 6.04. The maximum absolute atomic E-state index is 13.0. The second-order valence-electron chi connectivity index (χ2n) is 7.32. The van der Waals surface area contributed by atoms with E-state index in [1.54, 1.807) is 31.2 Å². The van der Waals surface area contributed by atoms with Crippen LogP contribution >= 0.6 is 0 Å². The molecule has 34 heavy (non-hydrogen) atoms. The van der Waals surface area contributed by atoms with Crippen molar-refractivity contribution in [1.29, 1.82) is 0 Å². The van der Waals surface area contributed by atoms with Crippen molar-refractivity contribution in [3.05, 3.63) is 95.3 Å². The predicted molar refractivity (Wildman–Crippen MR) is 125 cm³/mol. The molecule has 0 radical (unpaired) electrons. The molecule has 8 heteroatoms. The third kappa shape index (κ3) is 7.44. The Hall–Kier alpha value is -4.20. The first kappa shape index (κ1) is 24.4. The summed E-state index contributed by atoms with van der Waals surface area (Å²) in [4.78, 5) is 36.3. The number of aryl methyl sites for hydroxylation is 1. The largest absolute Gasteiger partial charge is 0.513 e. The number of ether oxygens (including phenoxy) is 2. The summed E-state index contributed by atoms with van der Waals surface area (Å²) in [5.41, 5.74) is 2.56. The number of carbonyl (C=O) groups is 3. The number of anilines is 1. The lowest BCUT2D eigenvalue weighted by Crippen LogP contribution is -2.24. The fraction of sp³-hybridized carbons (Fsp3) is 0.192. The zero-order valence-corrected chi connectivity index (χ0v) is 18.7. The van der Waals surface area contributed by atoms with Crippen molar-refractivity contribution in [2.45, 2.75) is 26.3 Å². The average molecular weight is 464 g/mol. The number of nitrogens with one attached hydrogen (secondary N) is 2. The van der Waals surface area contributed by atoms with Gasteiger partial charge < -0.3 is 20.1 Å². The first-order valence-corrected chi connectivity index (χ1v) is 10.8. The van der Waals surface area contributed by atoms with Gasteiger partial charge >= 0.3 is 6.16 Å². The van der Waals surface area contributed by atoms with Crippen molar-refractivity contribution < 1.29 is 28.2 Å². The highest BCUT2D eigenvalue weighted by Crippen LogP contribution is 2.18. The van der Waals surface area contributed by atoms with Crippen LogP contribution in [-0.2, 0) is 22.5 Å². The van der Waals surface area contributed by atoms with E-state index >= 15 is 0 Å². The van der Waals surface area contributed by atoms with E-state index in [1.807, 2.05) is 12.1 Å². The van der Waals surface area contributed by atoms with Crippen LogP contribution in [0.2, 0.25) is 0 Å². The van der Waals surface area contributed by atoms with Gasteiger partial charge in [-0.05, 0) is 66.9 Å². The summed E-state index contributed by atoms with van der Waals surface area (Å²) in [6.45, 7) is 2.12. The molecule has 3 aromatic carbocycles. The van der Waals surface area contributed by atoms with Crippen LogP contribution in [0.15, 0.2) is 72.8 Å². The average Bonchev–Trinajstić information content (AvgIpc) is 2.83. The SMILES string of the molecule is CCOC(=O)Oc1ccc(C(=O)Nc2ccccc2CNC(=O)CCc2ccc(F)cc2)cc1. The van der Waals surface area contributed by atoms with Crippen molar-refractivity contribution in [2.75, 3.05) is 11.9 Å². The van der Waals surface area contributed by atoms with Gasteiger partial charge in [-0.2, -0.15) is 0 Å². The molecular formula is C26H25FN2O5. The minimum atomic E-state index is -0.812. The molecule has 0 saturated carbocycles. The quantitative estimate of drug-likeness (QED) is 0.348. The predicted octanol–water partition coefficient (Wildman–Crippen LogP) is 4.86. The molecule has 0 bridgehead atoms. The molecule has 2 amide bonds. The van der Waals surface area contributed by atoms with Gasteiger partial charge in [-0.1, -0.05) is 30.3 Å². The summed E-state index contributed by atoms with van der Waals surface area (Å²) in [5, 5.41) is 5.68. The topological polar surface area (TPSA) is 93.7 Å². The number of halogens is 1. The van der Waals surface area contributed by atoms with Crippen molar-refractivity contribution >= 4 is 23.7 Å². The highest BCUT2D eigenvalue weighted by atomic mass is 19.1. The molecule has 7 nitrogen and oxygen atoms in total. The molecule has 2 N–H and O–H groups in total. The second-order valence-corrected chi connectivity index (χ2v) is 7.32. The molecule has 0 heterocycles. The molecule has 3 aromatic rings. The molecule has 0 unspecified atom stereocenters. The number of rotatable bonds is 9. The summed E-state index contributed by atoms with van der Waals surface area (Å²) in [6, 6.07) is 19.3. The summed E-state index contributed by atoms with van der Waals surface area (Å²) in [6.07, 6.45) is -0.0471. The van der Waals surface area contributed by atoms with E-state index in [0.717, 1.165) is 11.1 Å². The first-order chi connectivity index (χ1) is 16.4. The van der Waals surface area contributed by atoms with Crippen molar-refractivity contribution in [2.24, 2.45) is 0 Å². The molecule has 0 spiro atoms. The maximum atomic E-state index is 13.0. The van der Waals surface area contributed by atoms with E-state index < -0.39 is 6.16 Å². The lowest BCUT2D eigenvalue weighted by Gasteiger charge is -2.12. The Morgan fingerprint density at radius 3 is 2.32 bits per heavy atom. The molecule has 0 aliphatic rings. The fourth-order valence-corrected chi connectivity index (χ4v) is 3.10. The Bertz CT molecular complexity index is 1130. The van der Waals surface area contributed by atoms with Gasteiger partial charge in [-0.25, -0.2) is 9.18 Å². The molecule has 0 saturated heterocycles. The zero-order chi connectivity index (χ0) is 24.3. The standard InChI is InChI=1S/C26H25FN2O5/c1-2-33-26(32)34-22-14-10-19(11-15-22)25(31)29-23-6-4-3-5-20(23)17-28-24(30)16-9-18-7-12-21(27)13-8-18/h3-8,10-15H,2,9,16-17H2,1H3,(H,28,30)(H,29,31). The number of para-hydroxylation sites is 1. The van der Waals surface area contributed by atoms with Gasteiger partial charge in [-0.3, -0.25) is 9.59 Å². The van der Waals surface area contributed by atoms with Gasteiger partial charge in [-0.15, -0.1) is 0 Å². The zero-order valence-electron chi connectivity index (χ0n) is 18.7. The highest BCUT2D eigenvalue weighted by Gasteiger charge is 2.11. The van der Waals surface area contributed by atoms with Gasteiger partial charge in [0.15, 0.2) is 0 Å². The Morgan fingerprint density at radius 1 is 0.912 bits per heavy atom. The summed E-state index contributed by atoms with van der Waals surface area (Å²) < 4.78 is 22.7. The Morgan fingerprint density at radius 2 is 1.62 bits per heavy atom. The van der Waals surface area contributed by atoms with Crippen LogP contribution in [0.4, 0.5) is 14.9 Å². The smallest absolute Gasteiger partial charge is 0.434 e. The minimum Gasteiger partial charge on any atom is -0.434 e. The lowest BCUT2D eigenvalue weighted by molar-refractivity contribution is -0.121. The normalized spacial score (nSPS) is 10.3. The number of amides is 2. The van der Waals surface area contributed by atoms with Gasteiger partial charge in [0.1, 0.15) is 11.6 Å². The Labute approximate surface area is 196 Å². The van der Waals surface area contributed by atoms with Gasteiger partial charge in [0.25, 0.3) is 5.91 Å². The van der Waals surface area contributed by atoms with Gasteiger partial charge in [0.2, 0.25) is 5.91 Å². The van der Waals surface area contributed by atoms with Crippen LogP contribution in [0.3, 0.4) is 0 Å². The van der Waals surface area contributed by atoms with E-state index in [4.69, 9.17) is 9.47 Å². The molecule has 0 aromatic heterocycles. The van der Waals surface area contributed by atoms with Crippen molar-refractivity contribution in [3.8, 4) is 5.75 Å². The molecule has 176 valence electrons. The Balaban J connectivity index is 1.54. The number of hydrogen-bond acceptors (Lipinski definition) is 5. The van der Waals surface area contributed by atoms with Gasteiger partial charge in [0, 0.05) is 24.2 Å². The molecule has 3 rings (SSSR count). The first-order valence-electron chi connectivity index (χ1n) is 10.8. The van der Waals surface area contributed by atoms with Gasteiger partial charge in [0.05, 0.1) is 6.61 Å². The van der Waals surface area contributed by atoms with E-state index in [0.29, 0.717) is 17.7 Å². The lowest BCUT2D eigenvalue weighted by atomic mass is 10.1. The van der Waals surface area contributed by atoms with E-state index in [2.05, 4.69) is 10.6 Å². The monoisotopic (exact) mass is 464 g/mol. The fourth-order valence-electron chi connectivity index (χ4n) is 3.10. The number of carbonyl (C=O) groups excluding carboxylic acids is 3. The molecule has 0 aliphatic heterocycles. The van der Waals surface area contributed by atoms with Crippen LogP contribution in [0.1, 0.15) is 34.8 Å². The van der Waals surface area contributed by atoms with E-state index in [1.165, 1.54) is 36.4 Å². The second kappa shape index (κ2) is 12.2. The van der Waals surface area contributed by atoms with E-state index in [-0.39, 0.29) is 43.0 Å². The van der Waals surface area contributed by atoms with Crippen molar-refractivity contribution in [3.63, 3.8) is 0 Å². The summed E-state index contributed by atoms with van der Waals surface area (Å²) in [7, 11) is 0. The third-order valence-corrected chi connectivity index (χ3v) is 4.88. The summed E-state index contributed by atoms with van der Waals surface area (Å²) in [5.74, 6) is -0.549. The molecular weight excluding hydrogens is 439 g/mol. The van der Waals surface area contributed by atoms with Crippen LogP contribution in [0, 0.1) is 5.82 Å². The summed E-state index contributed by atoms with van der Waals surface area (Å²) >= 11 is 0. The third-order valence-electron chi connectivity index (χ3n) is 4.88.